The third-order valence-electron chi connectivity index (χ3n) is 5.84. The number of ketones is 1. The molecule has 3 aromatic carbocycles. The average Bonchev–Trinajstić information content (AvgIpc) is 2.84. The number of esters is 1. The van der Waals surface area contributed by atoms with Gasteiger partial charge in [-0.2, -0.15) is 0 Å². The monoisotopic (exact) mass is 396 g/mol. The van der Waals surface area contributed by atoms with Crippen LogP contribution in [0.25, 0.3) is 11.1 Å². The van der Waals surface area contributed by atoms with Crippen molar-refractivity contribution in [2.24, 2.45) is 11.8 Å². The highest BCUT2D eigenvalue weighted by Gasteiger charge is 2.40. The fraction of sp³-hybridized carbons (Fsp3) is 0.185. The molecule has 30 heavy (non-hydrogen) atoms. The van der Waals surface area contributed by atoms with Gasteiger partial charge in [-0.05, 0) is 35.1 Å². The highest BCUT2D eigenvalue weighted by molar-refractivity contribution is 6.04. The second kappa shape index (κ2) is 8.91. The summed E-state index contributed by atoms with van der Waals surface area (Å²) in [6.07, 6.45) is 0.978. The Hall–Kier alpha value is -3.46. The van der Waals surface area contributed by atoms with Gasteiger partial charge in [0, 0.05) is 11.5 Å². The fourth-order valence-corrected chi connectivity index (χ4v) is 4.32. The summed E-state index contributed by atoms with van der Waals surface area (Å²) >= 11 is 0. The van der Waals surface area contributed by atoms with Crippen molar-refractivity contribution in [1.29, 1.82) is 0 Å². The molecule has 3 nitrogen and oxygen atoms in total. The van der Waals surface area contributed by atoms with E-state index in [1.54, 1.807) is 0 Å². The van der Waals surface area contributed by atoms with Crippen LogP contribution in [-0.2, 0) is 9.53 Å². The van der Waals surface area contributed by atoms with Gasteiger partial charge in [0.2, 0.25) is 0 Å². The van der Waals surface area contributed by atoms with Gasteiger partial charge in [-0.3, -0.25) is 9.59 Å². The van der Waals surface area contributed by atoms with Crippen LogP contribution in [0.1, 0.15) is 34.3 Å². The van der Waals surface area contributed by atoms with Gasteiger partial charge in [-0.15, -0.1) is 0 Å². The standard InChI is InChI=1S/C27H24O3/c1-30-27(29)25-18-23(20-13-7-3-8-14-20)22(19-11-5-2-6-12-19)17-24(25)26(28)21-15-9-4-10-16-21/h2-16,24-25H,17-18H2,1H3/t24-,25-/m0/s1. The number of hydrogen-bond donors (Lipinski definition) is 0. The van der Waals surface area contributed by atoms with Crippen molar-refractivity contribution in [2.45, 2.75) is 12.8 Å². The molecule has 3 aromatic rings. The number of benzene rings is 3. The van der Waals surface area contributed by atoms with Crippen LogP contribution in [0.2, 0.25) is 0 Å². The number of allylic oxidation sites excluding steroid dienone is 2. The largest absolute Gasteiger partial charge is 0.469 e. The Bertz CT molecular complexity index is 1050. The molecule has 1 aliphatic carbocycles. The van der Waals surface area contributed by atoms with E-state index in [-0.39, 0.29) is 11.8 Å². The molecule has 1 aliphatic rings. The molecule has 4 rings (SSSR count). The summed E-state index contributed by atoms with van der Waals surface area (Å²) in [6, 6.07) is 29.5. The SMILES string of the molecule is COC(=O)[C@H]1CC(c2ccccc2)=C(c2ccccc2)C[C@@H]1C(=O)c1ccccc1. The lowest BCUT2D eigenvalue weighted by Gasteiger charge is -2.33. The Morgan fingerprint density at radius 1 is 0.667 bits per heavy atom. The summed E-state index contributed by atoms with van der Waals surface area (Å²) in [5, 5.41) is 0. The smallest absolute Gasteiger partial charge is 0.309 e. The Labute approximate surface area is 177 Å². The van der Waals surface area contributed by atoms with E-state index < -0.39 is 11.8 Å². The highest BCUT2D eigenvalue weighted by Crippen LogP contribution is 2.45. The molecular weight excluding hydrogens is 372 g/mol. The van der Waals surface area contributed by atoms with Gasteiger partial charge < -0.3 is 4.74 Å². The van der Waals surface area contributed by atoms with E-state index in [0.29, 0.717) is 18.4 Å². The van der Waals surface area contributed by atoms with Crippen LogP contribution in [0, 0.1) is 11.8 Å². The van der Waals surface area contributed by atoms with Crippen molar-refractivity contribution in [3.05, 3.63) is 108 Å². The van der Waals surface area contributed by atoms with Crippen molar-refractivity contribution < 1.29 is 14.3 Å². The molecule has 0 radical (unpaired) electrons. The summed E-state index contributed by atoms with van der Waals surface area (Å²) in [7, 11) is 1.39. The van der Waals surface area contributed by atoms with Gasteiger partial charge in [-0.25, -0.2) is 0 Å². The van der Waals surface area contributed by atoms with Crippen LogP contribution < -0.4 is 0 Å². The summed E-state index contributed by atoms with van der Waals surface area (Å²) < 4.78 is 5.12. The molecule has 150 valence electrons. The summed E-state index contributed by atoms with van der Waals surface area (Å²) in [4.78, 5) is 26.2. The summed E-state index contributed by atoms with van der Waals surface area (Å²) in [5.74, 6) is -1.30. The number of carbonyl (C=O) groups is 2. The minimum absolute atomic E-state index is 0.00783. The predicted octanol–water partition coefficient (Wildman–Crippen LogP) is 5.68. The first-order chi connectivity index (χ1) is 14.7. The van der Waals surface area contributed by atoms with Crippen LogP contribution in [-0.4, -0.2) is 18.9 Å². The summed E-state index contributed by atoms with van der Waals surface area (Å²) in [6.45, 7) is 0. The van der Waals surface area contributed by atoms with E-state index in [1.165, 1.54) is 7.11 Å². The molecule has 0 aromatic heterocycles. The van der Waals surface area contributed by atoms with Crippen molar-refractivity contribution in [3.8, 4) is 0 Å². The van der Waals surface area contributed by atoms with Crippen LogP contribution in [0.15, 0.2) is 91.0 Å². The zero-order chi connectivity index (χ0) is 20.9. The van der Waals surface area contributed by atoms with Crippen LogP contribution >= 0.6 is 0 Å². The first kappa shape index (κ1) is 19.8. The second-order valence-corrected chi connectivity index (χ2v) is 7.56. The molecule has 0 bridgehead atoms. The molecule has 0 heterocycles. The minimum Gasteiger partial charge on any atom is -0.469 e. The number of ether oxygens (including phenoxy) is 1. The van der Waals surface area contributed by atoms with E-state index >= 15 is 0 Å². The molecule has 0 amide bonds. The Balaban J connectivity index is 1.84. The maximum absolute atomic E-state index is 13.4. The number of Topliss-reactive ketones (excluding diaryl/α,β-unsaturated/α-hetero) is 1. The molecule has 3 heteroatoms. The lowest BCUT2D eigenvalue weighted by Crippen LogP contribution is -2.34. The van der Waals surface area contributed by atoms with Crippen molar-refractivity contribution >= 4 is 22.9 Å². The Morgan fingerprint density at radius 3 is 1.57 bits per heavy atom. The number of hydrogen-bond acceptors (Lipinski definition) is 3. The van der Waals surface area contributed by atoms with Crippen LogP contribution in [0.3, 0.4) is 0 Å². The third-order valence-corrected chi connectivity index (χ3v) is 5.84. The fourth-order valence-electron chi connectivity index (χ4n) is 4.32. The van der Waals surface area contributed by atoms with Crippen LogP contribution in [0.4, 0.5) is 0 Å². The summed E-state index contributed by atoms with van der Waals surface area (Å²) in [5.41, 5.74) is 5.03. The van der Waals surface area contributed by atoms with Gasteiger partial charge in [0.15, 0.2) is 5.78 Å². The maximum atomic E-state index is 13.4. The first-order valence-corrected chi connectivity index (χ1v) is 10.2. The van der Waals surface area contributed by atoms with Gasteiger partial charge in [-0.1, -0.05) is 91.0 Å². The molecule has 0 saturated carbocycles. The van der Waals surface area contributed by atoms with Gasteiger partial charge in [0.1, 0.15) is 0 Å². The molecule has 0 spiro atoms. The molecular formula is C27H24O3. The molecule has 0 saturated heterocycles. The van der Waals surface area contributed by atoms with Crippen LogP contribution in [0.5, 0.6) is 0 Å². The lowest BCUT2D eigenvalue weighted by molar-refractivity contribution is -0.146. The zero-order valence-electron chi connectivity index (χ0n) is 17.0. The highest BCUT2D eigenvalue weighted by atomic mass is 16.5. The topological polar surface area (TPSA) is 43.4 Å². The van der Waals surface area contributed by atoms with E-state index in [0.717, 1.165) is 22.3 Å². The van der Waals surface area contributed by atoms with Crippen molar-refractivity contribution in [2.75, 3.05) is 7.11 Å². The normalized spacial score (nSPS) is 18.7. The van der Waals surface area contributed by atoms with E-state index in [1.807, 2.05) is 66.7 Å². The van der Waals surface area contributed by atoms with E-state index in [4.69, 9.17) is 4.74 Å². The molecule has 2 atom stereocenters. The molecule has 0 N–H and O–H groups in total. The van der Waals surface area contributed by atoms with E-state index in [9.17, 15) is 9.59 Å². The van der Waals surface area contributed by atoms with Crippen molar-refractivity contribution in [1.82, 2.24) is 0 Å². The average molecular weight is 396 g/mol. The maximum Gasteiger partial charge on any atom is 0.309 e. The van der Waals surface area contributed by atoms with Gasteiger partial charge in [0.25, 0.3) is 0 Å². The van der Waals surface area contributed by atoms with Gasteiger partial charge >= 0.3 is 5.97 Å². The molecule has 0 unspecified atom stereocenters. The minimum atomic E-state index is -0.509. The second-order valence-electron chi connectivity index (χ2n) is 7.56. The Morgan fingerprint density at radius 2 is 1.10 bits per heavy atom. The molecule has 0 aliphatic heterocycles. The number of carbonyl (C=O) groups excluding carboxylic acids is 2. The quantitative estimate of drug-likeness (QED) is 0.412. The lowest BCUT2D eigenvalue weighted by atomic mass is 9.70. The molecule has 0 fully saturated rings. The zero-order valence-corrected chi connectivity index (χ0v) is 17.0. The third kappa shape index (κ3) is 3.97. The van der Waals surface area contributed by atoms with Crippen molar-refractivity contribution in [3.63, 3.8) is 0 Å². The number of methoxy groups -OCH3 is 1. The number of rotatable bonds is 5. The first-order valence-electron chi connectivity index (χ1n) is 10.2. The predicted molar refractivity (Wildman–Crippen MR) is 119 cm³/mol. The van der Waals surface area contributed by atoms with E-state index in [2.05, 4.69) is 24.3 Å². The van der Waals surface area contributed by atoms with Gasteiger partial charge in [0.05, 0.1) is 13.0 Å². The Kier molecular flexibility index (Phi) is 5.89.